The minimum absolute atomic E-state index is 0.116. The second kappa shape index (κ2) is 7.55. The summed E-state index contributed by atoms with van der Waals surface area (Å²) < 4.78 is 4.97. The standard InChI is InChI=1S/C12H23NO2/c1-2-3-4-5-6-7-9-13-10-8-11-15-12(13)14/h2-11H2,1H3. The summed E-state index contributed by atoms with van der Waals surface area (Å²) in [6.45, 7) is 4.59. The molecule has 0 atom stereocenters. The van der Waals surface area contributed by atoms with E-state index in [4.69, 9.17) is 4.74 Å². The van der Waals surface area contributed by atoms with Crippen molar-refractivity contribution in [2.75, 3.05) is 19.7 Å². The predicted octanol–water partition coefficient (Wildman–Crippen LogP) is 3.19. The van der Waals surface area contributed by atoms with Gasteiger partial charge in [0.2, 0.25) is 0 Å². The van der Waals surface area contributed by atoms with Gasteiger partial charge in [-0.1, -0.05) is 39.0 Å². The molecule has 0 bridgehead atoms. The van der Waals surface area contributed by atoms with E-state index >= 15 is 0 Å². The monoisotopic (exact) mass is 213 g/mol. The van der Waals surface area contributed by atoms with Crippen LogP contribution in [-0.4, -0.2) is 30.7 Å². The second-order valence-electron chi connectivity index (χ2n) is 4.22. The molecule has 88 valence electrons. The van der Waals surface area contributed by atoms with Gasteiger partial charge in [0.25, 0.3) is 0 Å². The SMILES string of the molecule is CCCCCCCCN1CCCOC1=O. The quantitative estimate of drug-likeness (QED) is 0.608. The fourth-order valence-electron chi connectivity index (χ4n) is 1.88. The summed E-state index contributed by atoms with van der Waals surface area (Å²) in [5.74, 6) is 0. The van der Waals surface area contributed by atoms with Crippen molar-refractivity contribution >= 4 is 6.09 Å². The van der Waals surface area contributed by atoms with Crippen LogP contribution in [0.3, 0.4) is 0 Å². The molecule has 3 nitrogen and oxygen atoms in total. The first-order valence-corrected chi connectivity index (χ1v) is 6.26. The second-order valence-corrected chi connectivity index (χ2v) is 4.22. The highest BCUT2D eigenvalue weighted by molar-refractivity contribution is 5.68. The van der Waals surface area contributed by atoms with E-state index in [0.717, 1.165) is 25.9 Å². The van der Waals surface area contributed by atoms with Crippen LogP contribution < -0.4 is 0 Å². The van der Waals surface area contributed by atoms with Crippen molar-refractivity contribution in [3.8, 4) is 0 Å². The third kappa shape index (κ3) is 5.05. The van der Waals surface area contributed by atoms with Crippen molar-refractivity contribution < 1.29 is 9.53 Å². The van der Waals surface area contributed by atoms with Crippen molar-refractivity contribution in [2.24, 2.45) is 0 Å². The smallest absolute Gasteiger partial charge is 0.409 e. The number of rotatable bonds is 7. The molecule has 1 aliphatic heterocycles. The Hall–Kier alpha value is -0.730. The maximum atomic E-state index is 11.3. The topological polar surface area (TPSA) is 29.5 Å². The zero-order chi connectivity index (χ0) is 10.9. The van der Waals surface area contributed by atoms with E-state index in [2.05, 4.69) is 6.92 Å². The van der Waals surface area contributed by atoms with E-state index in [1.807, 2.05) is 4.90 Å². The summed E-state index contributed by atoms with van der Waals surface area (Å²) >= 11 is 0. The van der Waals surface area contributed by atoms with Crippen LogP contribution >= 0.6 is 0 Å². The molecule has 1 rings (SSSR count). The van der Waals surface area contributed by atoms with Gasteiger partial charge in [-0.15, -0.1) is 0 Å². The van der Waals surface area contributed by atoms with Gasteiger partial charge < -0.3 is 9.64 Å². The molecule has 0 saturated carbocycles. The number of hydrogen-bond donors (Lipinski definition) is 0. The highest BCUT2D eigenvalue weighted by Crippen LogP contribution is 2.09. The lowest BCUT2D eigenvalue weighted by Gasteiger charge is -2.26. The van der Waals surface area contributed by atoms with Gasteiger partial charge in [0, 0.05) is 13.1 Å². The maximum absolute atomic E-state index is 11.3. The third-order valence-corrected chi connectivity index (χ3v) is 2.84. The molecule has 3 heteroatoms. The fraction of sp³-hybridized carbons (Fsp3) is 0.917. The lowest BCUT2D eigenvalue weighted by atomic mass is 10.1. The molecule has 1 fully saturated rings. The predicted molar refractivity (Wildman–Crippen MR) is 60.9 cm³/mol. The summed E-state index contributed by atoms with van der Waals surface area (Å²) in [5.41, 5.74) is 0. The van der Waals surface area contributed by atoms with Gasteiger partial charge in [-0.25, -0.2) is 4.79 Å². The molecule has 0 aromatic rings. The summed E-state index contributed by atoms with van der Waals surface area (Å²) in [7, 11) is 0. The van der Waals surface area contributed by atoms with Gasteiger partial charge in [0.1, 0.15) is 0 Å². The Bertz CT molecular complexity index is 182. The van der Waals surface area contributed by atoms with E-state index in [1.165, 1.54) is 32.1 Å². The van der Waals surface area contributed by atoms with Crippen molar-refractivity contribution in [1.82, 2.24) is 4.90 Å². The highest BCUT2D eigenvalue weighted by atomic mass is 16.6. The molecule has 1 amide bonds. The minimum Gasteiger partial charge on any atom is -0.449 e. The molecule has 0 spiro atoms. The summed E-state index contributed by atoms with van der Waals surface area (Å²) in [5, 5.41) is 0. The highest BCUT2D eigenvalue weighted by Gasteiger charge is 2.18. The lowest BCUT2D eigenvalue weighted by Crippen LogP contribution is -2.38. The first-order chi connectivity index (χ1) is 7.34. The van der Waals surface area contributed by atoms with Crippen molar-refractivity contribution in [2.45, 2.75) is 51.9 Å². The fourth-order valence-corrected chi connectivity index (χ4v) is 1.88. The molecule has 1 saturated heterocycles. The van der Waals surface area contributed by atoms with Crippen molar-refractivity contribution in [3.63, 3.8) is 0 Å². The Morgan fingerprint density at radius 3 is 2.67 bits per heavy atom. The minimum atomic E-state index is -0.116. The van der Waals surface area contributed by atoms with Gasteiger partial charge >= 0.3 is 6.09 Å². The molecule has 0 N–H and O–H groups in total. The molecule has 0 radical (unpaired) electrons. The van der Waals surface area contributed by atoms with Crippen LogP contribution in [0.5, 0.6) is 0 Å². The first kappa shape index (κ1) is 12.3. The number of unbranched alkanes of at least 4 members (excludes halogenated alkanes) is 5. The number of carbonyl (C=O) groups excluding carboxylic acids is 1. The zero-order valence-electron chi connectivity index (χ0n) is 9.83. The molecule has 0 aliphatic carbocycles. The Balaban J connectivity index is 1.96. The lowest BCUT2D eigenvalue weighted by molar-refractivity contribution is 0.0722. The average molecular weight is 213 g/mol. The number of nitrogens with zero attached hydrogens (tertiary/aromatic N) is 1. The molecule has 0 aromatic carbocycles. The van der Waals surface area contributed by atoms with E-state index < -0.39 is 0 Å². The molecule has 15 heavy (non-hydrogen) atoms. The normalized spacial score (nSPS) is 16.6. The molecular weight excluding hydrogens is 190 g/mol. The van der Waals surface area contributed by atoms with Crippen molar-refractivity contribution in [3.05, 3.63) is 0 Å². The maximum Gasteiger partial charge on any atom is 0.409 e. The van der Waals surface area contributed by atoms with Gasteiger partial charge in [0.05, 0.1) is 6.61 Å². The Labute approximate surface area is 92.8 Å². The Morgan fingerprint density at radius 1 is 1.20 bits per heavy atom. The van der Waals surface area contributed by atoms with Crippen LogP contribution in [-0.2, 0) is 4.74 Å². The summed E-state index contributed by atoms with van der Waals surface area (Å²) in [6, 6.07) is 0. The summed E-state index contributed by atoms with van der Waals surface area (Å²) in [6.07, 6.45) is 8.50. The third-order valence-electron chi connectivity index (χ3n) is 2.84. The zero-order valence-corrected chi connectivity index (χ0v) is 9.83. The Morgan fingerprint density at radius 2 is 1.93 bits per heavy atom. The van der Waals surface area contributed by atoms with Gasteiger partial charge in [-0.2, -0.15) is 0 Å². The van der Waals surface area contributed by atoms with E-state index in [-0.39, 0.29) is 6.09 Å². The van der Waals surface area contributed by atoms with E-state index in [0.29, 0.717) is 6.61 Å². The molecule has 1 aliphatic rings. The van der Waals surface area contributed by atoms with Gasteiger partial charge in [-0.3, -0.25) is 0 Å². The van der Waals surface area contributed by atoms with Gasteiger partial charge in [0.15, 0.2) is 0 Å². The van der Waals surface area contributed by atoms with Crippen LogP contribution in [0, 0.1) is 0 Å². The number of carbonyl (C=O) groups is 1. The first-order valence-electron chi connectivity index (χ1n) is 6.26. The number of hydrogen-bond acceptors (Lipinski definition) is 2. The summed E-state index contributed by atoms with van der Waals surface area (Å²) in [4.78, 5) is 13.1. The average Bonchev–Trinajstić information content (AvgIpc) is 2.25. The Kier molecular flexibility index (Phi) is 6.21. The van der Waals surface area contributed by atoms with Crippen LogP contribution in [0.4, 0.5) is 4.79 Å². The van der Waals surface area contributed by atoms with E-state index in [1.54, 1.807) is 0 Å². The van der Waals surface area contributed by atoms with Crippen LogP contribution in [0.25, 0.3) is 0 Å². The van der Waals surface area contributed by atoms with Crippen LogP contribution in [0.1, 0.15) is 51.9 Å². The number of cyclic esters (lactones) is 1. The largest absolute Gasteiger partial charge is 0.449 e. The van der Waals surface area contributed by atoms with Crippen LogP contribution in [0.15, 0.2) is 0 Å². The molecule has 0 aromatic heterocycles. The van der Waals surface area contributed by atoms with Crippen molar-refractivity contribution in [1.29, 1.82) is 0 Å². The molecular formula is C12H23NO2. The number of ether oxygens (including phenoxy) is 1. The van der Waals surface area contributed by atoms with E-state index in [9.17, 15) is 4.79 Å². The molecule has 1 heterocycles. The van der Waals surface area contributed by atoms with Gasteiger partial charge in [-0.05, 0) is 12.8 Å². The van der Waals surface area contributed by atoms with Crippen LogP contribution in [0.2, 0.25) is 0 Å². The molecule has 0 unspecified atom stereocenters. The number of amides is 1.